The van der Waals surface area contributed by atoms with Gasteiger partial charge in [0.15, 0.2) is 0 Å². The first kappa shape index (κ1) is 32.6. The molecule has 4 unspecified atom stereocenters. The fourth-order valence-electron chi connectivity index (χ4n) is 6.30. The molecule has 3 aliphatic carbocycles. The Balaban J connectivity index is 0.00000106. The van der Waals surface area contributed by atoms with Crippen LogP contribution in [0.3, 0.4) is 0 Å². The van der Waals surface area contributed by atoms with Crippen molar-refractivity contribution in [1.82, 2.24) is 0 Å². The van der Waals surface area contributed by atoms with Gasteiger partial charge in [-0.25, -0.2) is 0 Å². The van der Waals surface area contributed by atoms with Gasteiger partial charge < -0.3 is 9.90 Å². The highest BCUT2D eigenvalue weighted by Crippen LogP contribution is 2.59. The second-order valence-corrected chi connectivity index (χ2v) is 10.7. The van der Waals surface area contributed by atoms with Gasteiger partial charge in [0.1, 0.15) is 6.79 Å². The number of hydrogen-bond donors (Lipinski definition) is 1. The Morgan fingerprint density at radius 1 is 1.06 bits per heavy atom. The lowest BCUT2D eigenvalue weighted by molar-refractivity contribution is -0.0980. The van der Waals surface area contributed by atoms with Gasteiger partial charge in [0, 0.05) is 0 Å². The van der Waals surface area contributed by atoms with Crippen LogP contribution in [0.5, 0.6) is 0 Å². The largest absolute Gasteiger partial charge is 0.388 e. The van der Waals surface area contributed by atoms with Crippen molar-refractivity contribution in [3.8, 4) is 0 Å². The van der Waals surface area contributed by atoms with E-state index in [1.807, 2.05) is 26.7 Å². The second-order valence-electron chi connectivity index (χ2n) is 10.7. The molecular formula is C32H56O2. The van der Waals surface area contributed by atoms with Crippen LogP contribution in [-0.2, 0) is 4.79 Å². The van der Waals surface area contributed by atoms with Crippen LogP contribution in [0.15, 0.2) is 48.1 Å². The van der Waals surface area contributed by atoms with Gasteiger partial charge in [0.2, 0.25) is 0 Å². The van der Waals surface area contributed by atoms with Crippen molar-refractivity contribution in [2.24, 2.45) is 29.1 Å². The molecule has 0 aliphatic heterocycles. The lowest BCUT2D eigenvalue weighted by atomic mass is 9.61. The summed E-state index contributed by atoms with van der Waals surface area (Å²) in [6.07, 6.45) is 18.9. The Hall–Kier alpha value is -1.41. The summed E-state index contributed by atoms with van der Waals surface area (Å²) in [5.41, 5.74) is 4.44. The van der Waals surface area contributed by atoms with E-state index in [1.165, 1.54) is 50.5 Å². The molecule has 0 bridgehead atoms. The molecule has 3 rings (SSSR count). The Labute approximate surface area is 212 Å². The van der Waals surface area contributed by atoms with Gasteiger partial charge >= 0.3 is 0 Å². The van der Waals surface area contributed by atoms with Crippen LogP contribution >= 0.6 is 0 Å². The van der Waals surface area contributed by atoms with Crippen molar-refractivity contribution in [2.45, 2.75) is 119 Å². The van der Waals surface area contributed by atoms with E-state index < -0.39 is 0 Å². The number of allylic oxidation sites excluding steroid dienone is 4. The molecule has 0 radical (unpaired) electrons. The third kappa shape index (κ3) is 8.99. The normalized spacial score (nSPS) is 31.3. The molecule has 34 heavy (non-hydrogen) atoms. The highest BCUT2D eigenvalue weighted by atomic mass is 16.3. The maximum Gasteiger partial charge on any atom is 0.106 e. The third-order valence-corrected chi connectivity index (χ3v) is 8.18. The number of carbonyl (C=O) groups excluding carboxylic acids is 1. The molecule has 0 aromatic rings. The quantitative estimate of drug-likeness (QED) is 0.405. The fraction of sp³-hybridized carbons (Fsp3) is 0.719. The van der Waals surface area contributed by atoms with E-state index in [0.29, 0.717) is 11.3 Å². The number of carbonyl (C=O) groups is 1. The number of fused-ring (bicyclic) bond motifs is 1. The average molecular weight is 473 g/mol. The van der Waals surface area contributed by atoms with Crippen LogP contribution in [0, 0.1) is 29.1 Å². The molecule has 3 saturated carbocycles. The zero-order chi connectivity index (χ0) is 26.3. The Morgan fingerprint density at radius 3 is 2.24 bits per heavy atom. The zero-order valence-electron chi connectivity index (χ0n) is 23.7. The Morgan fingerprint density at radius 2 is 1.68 bits per heavy atom. The number of aliphatic hydroxyl groups is 1. The van der Waals surface area contributed by atoms with Gasteiger partial charge in [-0.2, -0.15) is 0 Å². The highest BCUT2D eigenvalue weighted by molar-refractivity contribution is 5.37. The van der Waals surface area contributed by atoms with E-state index in [0.717, 1.165) is 42.6 Å². The van der Waals surface area contributed by atoms with Gasteiger partial charge in [-0.3, -0.25) is 0 Å². The minimum Gasteiger partial charge on any atom is -0.388 e. The number of rotatable bonds is 5. The van der Waals surface area contributed by atoms with E-state index in [2.05, 4.69) is 59.9 Å². The summed E-state index contributed by atoms with van der Waals surface area (Å²) in [6, 6.07) is 0. The first-order valence-corrected chi connectivity index (χ1v) is 13.9. The lowest BCUT2D eigenvalue weighted by Crippen LogP contribution is -2.35. The monoisotopic (exact) mass is 472 g/mol. The van der Waals surface area contributed by atoms with Crippen molar-refractivity contribution in [3.05, 3.63) is 48.1 Å². The molecule has 0 aromatic carbocycles. The minimum atomic E-state index is -0.319. The van der Waals surface area contributed by atoms with Crippen LogP contribution in [-0.4, -0.2) is 18.0 Å². The van der Waals surface area contributed by atoms with Gasteiger partial charge in [0.05, 0.1) is 6.10 Å². The molecular weight excluding hydrogens is 416 g/mol. The standard InChI is InChI=1S/C24H38O.C5H10.C2H6.CH2O/c1-5-8-17(2)21-14-15-22-20(10-7-16-24(21,22)4)13-12-19-9-6-11-23(25)18(19)3;1-4-5(2)3;2*1-2/h12-13,17,21-23,25H,3,5-11,14-16H2,1-2,4H3;4-5H,1H2,2-3H3;1-2H3;1H2/b19-12-,20-13+;;;/t17-,21?,22?,23?,24?;;;/m1.../s1. The Kier molecular flexibility index (Phi) is 16.4. The smallest absolute Gasteiger partial charge is 0.106 e. The third-order valence-electron chi connectivity index (χ3n) is 8.18. The minimum absolute atomic E-state index is 0.319. The summed E-state index contributed by atoms with van der Waals surface area (Å²) in [5, 5.41) is 10.1. The molecule has 2 heteroatoms. The van der Waals surface area contributed by atoms with Gasteiger partial charge in [-0.05, 0) is 91.6 Å². The van der Waals surface area contributed by atoms with Crippen molar-refractivity contribution >= 4 is 6.79 Å². The predicted molar refractivity (Wildman–Crippen MR) is 151 cm³/mol. The van der Waals surface area contributed by atoms with Gasteiger partial charge in [-0.15, -0.1) is 6.58 Å². The van der Waals surface area contributed by atoms with Gasteiger partial charge in [-0.1, -0.05) is 91.7 Å². The van der Waals surface area contributed by atoms with Crippen LogP contribution in [0.4, 0.5) is 0 Å². The van der Waals surface area contributed by atoms with E-state index in [1.54, 1.807) is 5.57 Å². The SMILES string of the molecule is C=C1/C(=C\C=C2/CCCC3(C)C2CCC3[C@H](C)CCC)CCCC1O.C=CC(C)C.C=O.CC. The van der Waals surface area contributed by atoms with E-state index in [4.69, 9.17) is 4.79 Å². The average Bonchev–Trinajstić information content (AvgIpc) is 3.21. The van der Waals surface area contributed by atoms with Crippen molar-refractivity contribution in [3.63, 3.8) is 0 Å². The van der Waals surface area contributed by atoms with Crippen LogP contribution in [0.25, 0.3) is 0 Å². The summed E-state index contributed by atoms with van der Waals surface area (Å²) in [4.78, 5) is 8.00. The molecule has 2 nitrogen and oxygen atoms in total. The molecule has 0 aromatic heterocycles. The van der Waals surface area contributed by atoms with Crippen LogP contribution in [0.2, 0.25) is 0 Å². The first-order chi connectivity index (χ1) is 16.2. The lowest BCUT2D eigenvalue weighted by Gasteiger charge is -2.44. The van der Waals surface area contributed by atoms with Crippen LogP contribution in [0.1, 0.15) is 113 Å². The van der Waals surface area contributed by atoms with Gasteiger partial charge in [0.25, 0.3) is 0 Å². The van der Waals surface area contributed by atoms with Crippen molar-refractivity contribution in [2.75, 3.05) is 0 Å². The molecule has 3 aliphatic rings. The molecule has 196 valence electrons. The summed E-state index contributed by atoms with van der Waals surface area (Å²) >= 11 is 0. The van der Waals surface area contributed by atoms with E-state index in [9.17, 15) is 5.11 Å². The van der Waals surface area contributed by atoms with Crippen LogP contribution < -0.4 is 0 Å². The molecule has 3 fully saturated rings. The summed E-state index contributed by atoms with van der Waals surface area (Å²) in [6.45, 7) is 25.3. The molecule has 0 spiro atoms. The predicted octanol–water partition coefficient (Wildman–Crippen LogP) is 9.26. The maximum atomic E-state index is 10.1. The molecule has 5 atom stereocenters. The summed E-state index contributed by atoms with van der Waals surface area (Å²) in [7, 11) is 0. The summed E-state index contributed by atoms with van der Waals surface area (Å²) < 4.78 is 0. The van der Waals surface area contributed by atoms with Crippen molar-refractivity contribution < 1.29 is 9.90 Å². The summed E-state index contributed by atoms with van der Waals surface area (Å²) in [5.74, 6) is 3.20. The maximum absolute atomic E-state index is 10.1. The first-order valence-electron chi connectivity index (χ1n) is 13.9. The fourth-order valence-corrected chi connectivity index (χ4v) is 6.30. The van der Waals surface area contributed by atoms with Crippen molar-refractivity contribution in [1.29, 1.82) is 0 Å². The number of hydrogen-bond acceptors (Lipinski definition) is 2. The second kappa shape index (κ2) is 17.1. The van der Waals surface area contributed by atoms with E-state index in [-0.39, 0.29) is 6.10 Å². The topological polar surface area (TPSA) is 37.3 Å². The number of aliphatic hydroxyl groups excluding tert-OH is 1. The highest BCUT2D eigenvalue weighted by Gasteiger charge is 2.50. The van der Waals surface area contributed by atoms with E-state index >= 15 is 0 Å². The Bertz CT molecular complexity index is 656. The molecule has 0 amide bonds. The molecule has 0 saturated heterocycles. The molecule has 1 N–H and O–H groups in total. The zero-order valence-corrected chi connectivity index (χ0v) is 23.7. The molecule has 0 heterocycles.